The summed E-state index contributed by atoms with van der Waals surface area (Å²) in [4.78, 5) is 49.4. The number of carbonyl (C=O) groups is 3. The van der Waals surface area contributed by atoms with Crippen LogP contribution in [0.4, 0.5) is 11.5 Å². The van der Waals surface area contributed by atoms with E-state index in [1.54, 1.807) is 23.2 Å². The number of cyclic esters (lactones) is 1. The van der Waals surface area contributed by atoms with Gasteiger partial charge in [0, 0.05) is 51.0 Å². The van der Waals surface area contributed by atoms with Crippen molar-refractivity contribution in [3.63, 3.8) is 0 Å². The number of ether oxygens (including phenoxy) is 1. The van der Waals surface area contributed by atoms with Crippen LogP contribution < -0.4 is 15.5 Å². The van der Waals surface area contributed by atoms with E-state index in [4.69, 9.17) is 4.74 Å². The summed E-state index contributed by atoms with van der Waals surface area (Å²) in [5.74, 6) is -0.138. The molecule has 0 spiro atoms. The number of amides is 2. The second-order valence-corrected chi connectivity index (χ2v) is 8.37. The van der Waals surface area contributed by atoms with Gasteiger partial charge in [0.05, 0.1) is 17.9 Å². The molecule has 2 fully saturated rings. The highest BCUT2D eigenvalue weighted by molar-refractivity contribution is 5.98. The van der Waals surface area contributed by atoms with Gasteiger partial charge in [0.15, 0.2) is 5.82 Å². The first-order chi connectivity index (χ1) is 15.9. The summed E-state index contributed by atoms with van der Waals surface area (Å²) in [5, 5.41) is 6.05. The normalized spacial score (nSPS) is 18.3. The molecule has 33 heavy (non-hydrogen) atoms. The lowest BCUT2D eigenvalue weighted by Gasteiger charge is -2.36. The number of nitrogens with zero attached hydrogens (tertiary/aromatic N) is 4. The molecule has 4 heterocycles. The number of piperazine rings is 1. The molecule has 2 aromatic heterocycles. The topological polar surface area (TPSA) is 117 Å². The molecular weight excluding hydrogens is 424 g/mol. The summed E-state index contributed by atoms with van der Waals surface area (Å²) in [5.41, 5.74) is 1.55. The van der Waals surface area contributed by atoms with Crippen molar-refractivity contribution in [3.05, 3.63) is 47.9 Å². The molecule has 4 rings (SSSR count). The van der Waals surface area contributed by atoms with Gasteiger partial charge in [-0.2, -0.15) is 0 Å². The van der Waals surface area contributed by atoms with E-state index in [1.807, 2.05) is 12.1 Å². The predicted octanol–water partition coefficient (Wildman–Crippen LogP) is 1.30. The monoisotopic (exact) mass is 452 g/mol. The molecule has 0 bridgehead atoms. The van der Waals surface area contributed by atoms with Crippen molar-refractivity contribution in [3.8, 4) is 0 Å². The number of hydrogen-bond donors (Lipinski definition) is 2. The second-order valence-electron chi connectivity index (χ2n) is 8.37. The molecule has 0 saturated carbocycles. The highest BCUT2D eigenvalue weighted by Gasteiger charge is 2.29. The van der Waals surface area contributed by atoms with Crippen molar-refractivity contribution in [2.75, 3.05) is 43.0 Å². The molecule has 2 amide bonds. The van der Waals surface area contributed by atoms with Crippen molar-refractivity contribution < 1.29 is 19.1 Å². The lowest BCUT2D eigenvalue weighted by Crippen LogP contribution is -2.49. The molecule has 1 atom stereocenters. The zero-order valence-electron chi connectivity index (χ0n) is 18.8. The molecule has 2 saturated heterocycles. The fourth-order valence-electron chi connectivity index (χ4n) is 3.88. The Hall–Kier alpha value is -3.69. The molecule has 2 aliphatic heterocycles. The van der Waals surface area contributed by atoms with E-state index in [0.29, 0.717) is 45.2 Å². The average Bonchev–Trinajstić information content (AvgIpc) is 3.23. The number of rotatable bonds is 6. The third-order valence-corrected chi connectivity index (χ3v) is 5.58. The number of pyridine rings is 2. The van der Waals surface area contributed by atoms with E-state index in [9.17, 15) is 14.4 Å². The summed E-state index contributed by atoms with van der Waals surface area (Å²) in [6.45, 7) is 6.88. The van der Waals surface area contributed by atoms with Crippen molar-refractivity contribution >= 4 is 29.3 Å². The van der Waals surface area contributed by atoms with Gasteiger partial charge >= 0.3 is 5.97 Å². The van der Waals surface area contributed by atoms with Gasteiger partial charge in [-0.15, -0.1) is 0 Å². The first kappa shape index (κ1) is 22.5. The Balaban J connectivity index is 1.34. The summed E-state index contributed by atoms with van der Waals surface area (Å²) < 4.78 is 4.85. The Morgan fingerprint density at radius 2 is 1.91 bits per heavy atom. The van der Waals surface area contributed by atoms with E-state index >= 15 is 0 Å². The van der Waals surface area contributed by atoms with E-state index in [-0.39, 0.29) is 17.2 Å². The smallest absolute Gasteiger partial charge is 0.328 e. The standard InChI is InChI=1S/C23H28N6O4/c1-15(2)26-17-4-3-8-24-20(17)28-9-11-29(12-10-28)22(31)18-6-5-16(14-25-18)21(30)27-19-7-13-33-23(19)32/h3-6,8,14-15,19,26H,7,9-13H2,1-2H3,(H,27,30). The molecule has 2 N–H and O–H groups in total. The Morgan fingerprint density at radius 1 is 1.12 bits per heavy atom. The number of anilines is 2. The molecule has 2 aliphatic rings. The number of esters is 1. The van der Waals surface area contributed by atoms with Crippen LogP contribution in [0.2, 0.25) is 0 Å². The maximum atomic E-state index is 12.9. The summed E-state index contributed by atoms with van der Waals surface area (Å²) in [6.07, 6.45) is 3.58. The maximum Gasteiger partial charge on any atom is 0.328 e. The molecule has 0 aliphatic carbocycles. The van der Waals surface area contributed by atoms with Crippen LogP contribution in [-0.4, -0.2) is 77.5 Å². The number of hydrogen-bond acceptors (Lipinski definition) is 8. The first-order valence-corrected chi connectivity index (χ1v) is 11.1. The molecule has 10 nitrogen and oxygen atoms in total. The lowest BCUT2D eigenvalue weighted by molar-refractivity contribution is -0.139. The van der Waals surface area contributed by atoms with E-state index in [1.165, 1.54) is 6.20 Å². The Bertz CT molecular complexity index is 1020. The van der Waals surface area contributed by atoms with Gasteiger partial charge in [-0.25, -0.2) is 9.78 Å². The van der Waals surface area contributed by atoms with Gasteiger partial charge in [0.1, 0.15) is 11.7 Å². The van der Waals surface area contributed by atoms with Gasteiger partial charge in [-0.05, 0) is 38.1 Å². The minimum atomic E-state index is -0.634. The van der Waals surface area contributed by atoms with Crippen LogP contribution >= 0.6 is 0 Å². The van der Waals surface area contributed by atoms with Crippen LogP contribution in [0, 0.1) is 0 Å². The van der Waals surface area contributed by atoms with Crippen molar-refractivity contribution in [2.45, 2.75) is 32.4 Å². The van der Waals surface area contributed by atoms with Crippen LogP contribution in [-0.2, 0) is 9.53 Å². The maximum absolute atomic E-state index is 12.9. The second kappa shape index (κ2) is 9.85. The fourth-order valence-corrected chi connectivity index (χ4v) is 3.88. The van der Waals surface area contributed by atoms with Gasteiger partial charge in [0.2, 0.25) is 0 Å². The van der Waals surface area contributed by atoms with Gasteiger partial charge in [0.25, 0.3) is 11.8 Å². The van der Waals surface area contributed by atoms with Crippen LogP contribution in [0.5, 0.6) is 0 Å². The highest BCUT2D eigenvalue weighted by atomic mass is 16.5. The van der Waals surface area contributed by atoms with E-state index < -0.39 is 17.9 Å². The molecular formula is C23H28N6O4. The van der Waals surface area contributed by atoms with Crippen LogP contribution in [0.1, 0.15) is 41.1 Å². The van der Waals surface area contributed by atoms with Crippen molar-refractivity contribution in [2.24, 2.45) is 0 Å². The Morgan fingerprint density at radius 3 is 2.55 bits per heavy atom. The first-order valence-electron chi connectivity index (χ1n) is 11.1. The van der Waals surface area contributed by atoms with Gasteiger partial charge < -0.3 is 25.2 Å². The minimum Gasteiger partial charge on any atom is -0.464 e. The van der Waals surface area contributed by atoms with Gasteiger partial charge in [-0.3, -0.25) is 14.6 Å². The Labute approximate surface area is 192 Å². The van der Waals surface area contributed by atoms with Crippen molar-refractivity contribution in [1.29, 1.82) is 0 Å². The number of nitrogens with one attached hydrogen (secondary N) is 2. The highest BCUT2D eigenvalue weighted by Crippen LogP contribution is 2.24. The summed E-state index contributed by atoms with van der Waals surface area (Å²) >= 11 is 0. The largest absolute Gasteiger partial charge is 0.464 e. The van der Waals surface area contributed by atoms with Gasteiger partial charge in [-0.1, -0.05) is 0 Å². The van der Waals surface area contributed by atoms with E-state index in [2.05, 4.69) is 39.3 Å². The fraction of sp³-hybridized carbons (Fsp3) is 0.435. The van der Waals surface area contributed by atoms with Crippen LogP contribution in [0.3, 0.4) is 0 Å². The third-order valence-electron chi connectivity index (χ3n) is 5.58. The molecule has 10 heteroatoms. The van der Waals surface area contributed by atoms with Crippen LogP contribution in [0.15, 0.2) is 36.7 Å². The van der Waals surface area contributed by atoms with Crippen molar-refractivity contribution in [1.82, 2.24) is 20.2 Å². The Kier molecular flexibility index (Phi) is 6.71. The third kappa shape index (κ3) is 5.21. The van der Waals surface area contributed by atoms with Crippen LogP contribution in [0.25, 0.3) is 0 Å². The summed E-state index contributed by atoms with van der Waals surface area (Å²) in [6, 6.07) is 6.66. The summed E-state index contributed by atoms with van der Waals surface area (Å²) in [7, 11) is 0. The SMILES string of the molecule is CC(C)Nc1cccnc1N1CCN(C(=O)c2ccc(C(=O)NC3CCOC3=O)cn2)CC1. The molecule has 174 valence electrons. The zero-order chi connectivity index (χ0) is 23.4. The molecule has 1 unspecified atom stereocenters. The number of aromatic nitrogens is 2. The molecule has 0 aromatic carbocycles. The zero-order valence-corrected chi connectivity index (χ0v) is 18.8. The lowest BCUT2D eigenvalue weighted by atomic mass is 10.2. The molecule has 0 radical (unpaired) electrons. The number of carbonyl (C=O) groups excluding carboxylic acids is 3. The average molecular weight is 453 g/mol. The predicted molar refractivity (Wildman–Crippen MR) is 122 cm³/mol. The van der Waals surface area contributed by atoms with E-state index in [0.717, 1.165) is 11.5 Å². The minimum absolute atomic E-state index is 0.178. The quantitative estimate of drug-likeness (QED) is 0.630. The molecule has 2 aromatic rings.